The van der Waals surface area contributed by atoms with E-state index >= 15 is 0 Å². The first-order valence-electron chi connectivity index (χ1n) is 16.9. The summed E-state index contributed by atoms with van der Waals surface area (Å²) in [6.07, 6.45) is 5.51. The van der Waals surface area contributed by atoms with Gasteiger partial charge in [-0.15, -0.1) is 0 Å². The first kappa shape index (κ1) is 32.4. The number of nitrogens with one attached hydrogen (secondary N) is 3. The number of carbonyl (C=O) groups is 2. The van der Waals surface area contributed by atoms with Crippen molar-refractivity contribution in [2.75, 3.05) is 26.2 Å². The summed E-state index contributed by atoms with van der Waals surface area (Å²) in [5.41, 5.74) is 5.39. The second-order valence-corrected chi connectivity index (χ2v) is 12.9. The van der Waals surface area contributed by atoms with Gasteiger partial charge in [0.25, 0.3) is 11.8 Å². The number of halogens is 1. The van der Waals surface area contributed by atoms with Gasteiger partial charge in [0.1, 0.15) is 28.5 Å². The molecular weight excluding hydrogens is 621 g/mol. The van der Waals surface area contributed by atoms with E-state index in [9.17, 15) is 14.0 Å². The van der Waals surface area contributed by atoms with Crippen LogP contribution in [0.1, 0.15) is 57.8 Å². The molecule has 3 N–H and O–H groups in total. The summed E-state index contributed by atoms with van der Waals surface area (Å²) in [6.45, 7) is 6.92. The van der Waals surface area contributed by atoms with Crippen molar-refractivity contribution in [3.63, 3.8) is 0 Å². The topological polar surface area (TPSA) is 113 Å². The average molecular weight is 662 g/mol. The van der Waals surface area contributed by atoms with Crippen LogP contribution in [0.15, 0.2) is 85.2 Å². The Hall–Kier alpha value is -5.13. The summed E-state index contributed by atoms with van der Waals surface area (Å²) in [6, 6.07) is 22.8. The van der Waals surface area contributed by atoms with E-state index in [1.807, 2.05) is 47.7 Å². The average Bonchev–Trinajstić information content (AvgIpc) is 3.57. The number of rotatable bonds is 9. The van der Waals surface area contributed by atoms with E-state index in [4.69, 9.17) is 4.74 Å². The van der Waals surface area contributed by atoms with Crippen LogP contribution < -0.4 is 20.7 Å². The van der Waals surface area contributed by atoms with Crippen LogP contribution >= 0.6 is 0 Å². The molecule has 0 unspecified atom stereocenters. The molecule has 2 amide bonds. The zero-order valence-electron chi connectivity index (χ0n) is 27.5. The number of aromatic nitrogens is 3. The highest BCUT2D eigenvalue weighted by molar-refractivity contribution is 5.96. The molecule has 252 valence electrons. The number of nitrogens with zero attached hydrogens (tertiary/aromatic N) is 4. The molecule has 10 nitrogen and oxygen atoms in total. The Morgan fingerprint density at radius 2 is 1.59 bits per heavy atom. The number of benzene rings is 2. The number of pyridine rings is 2. The number of hydrogen-bond acceptors (Lipinski definition) is 7. The monoisotopic (exact) mass is 661 g/mol. The van der Waals surface area contributed by atoms with Crippen molar-refractivity contribution >= 4 is 17.5 Å². The fourth-order valence-electron chi connectivity index (χ4n) is 6.66. The number of aryl methyl sites for hydroxylation is 1. The van der Waals surface area contributed by atoms with Gasteiger partial charge in [-0.05, 0) is 85.7 Å². The fourth-order valence-corrected chi connectivity index (χ4v) is 6.66. The number of fused-ring (bicyclic) bond motifs is 1. The predicted octanol–water partition coefficient (Wildman–Crippen LogP) is 5.51. The standard InChI is InChI=1S/C38H40FN7O3/c1-25-5-2-10-35-44-34(24-46(25)35)37(48)43-31-13-11-30(12-14-31)42-36(47)33-21-29(39)22-41-38(33)49-32-9-4-8-28(20-32)27-7-3-6-26(19-27)23-45-17-15-40-16-18-45/h2-10,19-22,24,30-31,40H,11-18,23H2,1H3,(H,42,47)(H,43,48)/t30-,31+. The van der Waals surface area contributed by atoms with Gasteiger partial charge in [0.15, 0.2) is 0 Å². The smallest absolute Gasteiger partial charge is 0.271 e. The maximum absolute atomic E-state index is 14.4. The molecule has 2 aromatic carbocycles. The third kappa shape index (κ3) is 7.79. The van der Waals surface area contributed by atoms with E-state index in [1.165, 1.54) is 5.56 Å². The van der Waals surface area contributed by atoms with Gasteiger partial charge >= 0.3 is 0 Å². The quantitative estimate of drug-likeness (QED) is 0.191. The van der Waals surface area contributed by atoms with Gasteiger partial charge in [-0.2, -0.15) is 0 Å². The third-order valence-electron chi connectivity index (χ3n) is 9.31. The van der Waals surface area contributed by atoms with Crippen LogP contribution in [0.2, 0.25) is 0 Å². The minimum atomic E-state index is -0.624. The Balaban J connectivity index is 0.969. The van der Waals surface area contributed by atoms with Crippen molar-refractivity contribution in [3.8, 4) is 22.8 Å². The number of piperazine rings is 1. The van der Waals surface area contributed by atoms with E-state index in [2.05, 4.69) is 55.1 Å². The van der Waals surface area contributed by atoms with Gasteiger partial charge in [-0.1, -0.05) is 36.4 Å². The van der Waals surface area contributed by atoms with Crippen LogP contribution in [0.4, 0.5) is 4.39 Å². The Labute approximate surface area is 284 Å². The lowest BCUT2D eigenvalue weighted by Crippen LogP contribution is -2.44. The van der Waals surface area contributed by atoms with Crippen molar-refractivity contribution in [3.05, 3.63) is 114 Å². The van der Waals surface area contributed by atoms with E-state index in [0.29, 0.717) is 37.1 Å². The summed E-state index contributed by atoms with van der Waals surface area (Å²) >= 11 is 0. The molecule has 1 aliphatic heterocycles. The summed E-state index contributed by atoms with van der Waals surface area (Å²) in [5.74, 6) is -0.759. The summed E-state index contributed by atoms with van der Waals surface area (Å²) in [4.78, 5) is 37.4. The van der Waals surface area contributed by atoms with Crippen molar-refractivity contribution in [1.29, 1.82) is 0 Å². The Bertz CT molecular complexity index is 1960. The summed E-state index contributed by atoms with van der Waals surface area (Å²) in [5, 5.41) is 9.52. The molecule has 1 saturated heterocycles. The molecule has 1 saturated carbocycles. The minimum absolute atomic E-state index is 0.0287. The normalized spacial score (nSPS) is 18.2. The predicted molar refractivity (Wildman–Crippen MR) is 185 cm³/mol. The summed E-state index contributed by atoms with van der Waals surface area (Å²) < 4.78 is 22.4. The largest absolute Gasteiger partial charge is 0.438 e. The Morgan fingerprint density at radius 3 is 2.35 bits per heavy atom. The Kier molecular flexibility index (Phi) is 9.63. The van der Waals surface area contributed by atoms with Gasteiger partial charge in [-0.25, -0.2) is 14.4 Å². The number of ether oxygens (including phenoxy) is 1. The highest BCUT2D eigenvalue weighted by atomic mass is 19.1. The molecule has 5 aromatic rings. The van der Waals surface area contributed by atoms with Crippen LogP contribution in [0.5, 0.6) is 11.6 Å². The molecule has 0 bridgehead atoms. The van der Waals surface area contributed by atoms with Crippen LogP contribution in [-0.2, 0) is 6.54 Å². The molecule has 0 spiro atoms. The lowest BCUT2D eigenvalue weighted by molar-refractivity contribution is 0.0888. The molecule has 3 aromatic heterocycles. The highest BCUT2D eigenvalue weighted by Gasteiger charge is 2.26. The number of imidazole rings is 1. The first-order valence-corrected chi connectivity index (χ1v) is 16.9. The van der Waals surface area contributed by atoms with Gasteiger partial charge in [-0.3, -0.25) is 14.5 Å². The maximum atomic E-state index is 14.4. The summed E-state index contributed by atoms with van der Waals surface area (Å²) in [7, 11) is 0. The molecule has 1 aliphatic carbocycles. The highest BCUT2D eigenvalue weighted by Crippen LogP contribution is 2.30. The van der Waals surface area contributed by atoms with Crippen LogP contribution in [0.3, 0.4) is 0 Å². The van der Waals surface area contributed by atoms with Crippen molar-refractivity contribution in [2.45, 2.75) is 51.2 Å². The van der Waals surface area contributed by atoms with Crippen LogP contribution in [-0.4, -0.2) is 69.3 Å². The van der Waals surface area contributed by atoms with Gasteiger partial charge in [0.05, 0.1) is 6.20 Å². The number of amides is 2. The van der Waals surface area contributed by atoms with E-state index in [-0.39, 0.29) is 29.4 Å². The van der Waals surface area contributed by atoms with Gasteiger partial charge in [0, 0.05) is 56.7 Å². The zero-order chi connectivity index (χ0) is 33.7. The number of carbonyl (C=O) groups excluding carboxylic acids is 2. The van der Waals surface area contributed by atoms with Crippen LogP contribution in [0.25, 0.3) is 16.8 Å². The molecule has 0 atom stereocenters. The lowest BCUT2D eigenvalue weighted by Gasteiger charge is -2.29. The third-order valence-corrected chi connectivity index (χ3v) is 9.31. The second-order valence-electron chi connectivity index (χ2n) is 12.9. The van der Waals surface area contributed by atoms with E-state index < -0.39 is 11.7 Å². The minimum Gasteiger partial charge on any atom is -0.438 e. The van der Waals surface area contributed by atoms with Crippen molar-refractivity contribution < 1.29 is 18.7 Å². The number of hydrogen-bond donors (Lipinski definition) is 3. The Morgan fingerprint density at radius 1 is 0.898 bits per heavy atom. The fraction of sp³-hybridized carbons (Fsp3) is 0.316. The molecule has 49 heavy (non-hydrogen) atoms. The molecule has 0 radical (unpaired) electrons. The lowest BCUT2D eigenvalue weighted by atomic mass is 9.91. The SMILES string of the molecule is Cc1cccc2nc(C(=O)N[C@H]3CC[C@@H](NC(=O)c4cc(F)cnc4Oc4cccc(-c5cccc(CN6CCNCC6)c5)c4)CC3)cn12. The van der Waals surface area contributed by atoms with Gasteiger partial charge in [0.2, 0.25) is 5.88 Å². The molecule has 11 heteroatoms. The van der Waals surface area contributed by atoms with Crippen molar-refractivity contribution in [2.24, 2.45) is 0 Å². The molecule has 4 heterocycles. The molecular formula is C38H40FN7O3. The van der Waals surface area contributed by atoms with Gasteiger partial charge < -0.3 is 25.1 Å². The first-order chi connectivity index (χ1) is 23.9. The molecule has 2 fully saturated rings. The van der Waals surface area contributed by atoms with E-state index in [1.54, 1.807) is 12.3 Å². The van der Waals surface area contributed by atoms with Crippen LogP contribution in [0, 0.1) is 12.7 Å². The molecule has 2 aliphatic rings. The van der Waals surface area contributed by atoms with Crippen molar-refractivity contribution in [1.82, 2.24) is 35.2 Å². The second kappa shape index (κ2) is 14.6. The zero-order valence-corrected chi connectivity index (χ0v) is 27.5. The van der Waals surface area contributed by atoms with E-state index in [0.717, 1.165) is 67.5 Å². The maximum Gasteiger partial charge on any atom is 0.271 e. The molecule has 7 rings (SSSR count).